The molecule has 0 fully saturated rings. The zero-order valence-electron chi connectivity index (χ0n) is 7.60. The fourth-order valence-corrected chi connectivity index (χ4v) is 1.19. The van der Waals surface area contributed by atoms with Crippen LogP contribution >= 0.6 is 0 Å². The molecule has 1 N–H and O–H groups in total. The van der Waals surface area contributed by atoms with Crippen molar-refractivity contribution in [3.63, 3.8) is 0 Å². The standard InChI is InChI=1S/C9H11N3O/c1-6(2)7-4-12-5-9(13)10-3-8(12)11-7/h3-6,13H,1-2H3. The van der Waals surface area contributed by atoms with Gasteiger partial charge in [0.1, 0.15) is 0 Å². The van der Waals surface area contributed by atoms with E-state index in [0.29, 0.717) is 5.92 Å². The van der Waals surface area contributed by atoms with Crippen LogP contribution in [-0.2, 0) is 0 Å². The summed E-state index contributed by atoms with van der Waals surface area (Å²) in [5, 5.41) is 9.12. The smallest absolute Gasteiger partial charge is 0.228 e. The summed E-state index contributed by atoms with van der Waals surface area (Å²) in [6.45, 7) is 4.16. The van der Waals surface area contributed by atoms with Crippen LogP contribution in [0.15, 0.2) is 18.6 Å². The summed E-state index contributed by atoms with van der Waals surface area (Å²) in [7, 11) is 0. The predicted molar refractivity (Wildman–Crippen MR) is 48.7 cm³/mol. The number of rotatable bonds is 1. The van der Waals surface area contributed by atoms with Crippen molar-refractivity contribution in [3.8, 4) is 5.88 Å². The third-order valence-corrected chi connectivity index (χ3v) is 1.94. The second-order valence-electron chi connectivity index (χ2n) is 3.33. The summed E-state index contributed by atoms with van der Waals surface area (Å²) < 4.78 is 1.78. The van der Waals surface area contributed by atoms with Gasteiger partial charge in [0.2, 0.25) is 5.88 Å². The number of aromatic hydroxyl groups is 1. The number of nitrogens with zero attached hydrogens (tertiary/aromatic N) is 3. The van der Waals surface area contributed by atoms with Crippen LogP contribution in [0.5, 0.6) is 5.88 Å². The summed E-state index contributed by atoms with van der Waals surface area (Å²) in [5.74, 6) is 0.405. The lowest BCUT2D eigenvalue weighted by molar-refractivity contribution is 0.450. The minimum absolute atomic E-state index is 0.0141. The Morgan fingerprint density at radius 3 is 2.85 bits per heavy atom. The first kappa shape index (κ1) is 8.04. The molecule has 2 heterocycles. The molecular weight excluding hydrogens is 166 g/mol. The van der Waals surface area contributed by atoms with Crippen LogP contribution in [0, 0.1) is 0 Å². The monoisotopic (exact) mass is 177 g/mol. The van der Waals surface area contributed by atoms with Gasteiger partial charge in [0.05, 0.1) is 18.1 Å². The van der Waals surface area contributed by atoms with Crippen LogP contribution in [0.25, 0.3) is 5.65 Å². The highest BCUT2D eigenvalue weighted by Gasteiger charge is 2.05. The van der Waals surface area contributed by atoms with E-state index in [1.807, 2.05) is 6.20 Å². The van der Waals surface area contributed by atoms with E-state index in [2.05, 4.69) is 23.8 Å². The Morgan fingerprint density at radius 2 is 2.15 bits per heavy atom. The third kappa shape index (κ3) is 1.35. The second kappa shape index (κ2) is 2.73. The number of imidazole rings is 1. The molecule has 0 amide bonds. The van der Waals surface area contributed by atoms with E-state index in [9.17, 15) is 0 Å². The Bertz CT molecular complexity index is 433. The average Bonchev–Trinajstić information content (AvgIpc) is 2.46. The van der Waals surface area contributed by atoms with Crippen molar-refractivity contribution in [2.75, 3.05) is 0 Å². The first-order valence-corrected chi connectivity index (χ1v) is 4.20. The molecule has 0 bridgehead atoms. The zero-order valence-corrected chi connectivity index (χ0v) is 7.60. The summed E-state index contributed by atoms with van der Waals surface area (Å²) >= 11 is 0. The van der Waals surface area contributed by atoms with E-state index in [4.69, 9.17) is 5.11 Å². The molecule has 0 aliphatic heterocycles. The lowest BCUT2D eigenvalue weighted by Gasteiger charge is -1.94. The van der Waals surface area contributed by atoms with Gasteiger partial charge in [0, 0.05) is 6.20 Å². The fraction of sp³-hybridized carbons (Fsp3) is 0.333. The molecule has 0 saturated heterocycles. The Morgan fingerprint density at radius 1 is 1.38 bits per heavy atom. The average molecular weight is 177 g/mol. The molecule has 2 aromatic rings. The number of fused-ring (bicyclic) bond motifs is 1. The lowest BCUT2D eigenvalue weighted by Crippen LogP contribution is -1.84. The predicted octanol–water partition coefficient (Wildman–Crippen LogP) is 1.56. The van der Waals surface area contributed by atoms with E-state index >= 15 is 0 Å². The quantitative estimate of drug-likeness (QED) is 0.719. The largest absolute Gasteiger partial charge is 0.492 e. The highest BCUT2D eigenvalue weighted by atomic mass is 16.3. The van der Waals surface area contributed by atoms with Crippen LogP contribution in [0.4, 0.5) is 0 Å². The van der Waals surface area contributed by atoms with Gasteiger partial charge in [0.15, 0.2) is 5.65 Å². The fourth-order valence-electron chi connectivity index (χ4n) is 1.19. The normalized spacial score (nSPS) is 11.3. The van der Waals surface area contributed by atoms with Crippen molar-refractivity contribution in [1.82, 2.24) is 14.4 Å². The van der Waals surface area contributed by atoms with Gasteiger partial charge in [-0.15, -0.1) is 0 Å². The summed E-state index contributed by atoms with van der Waals surface area (Å²) in [5.41, 5.74) is 1.77. The first-order chi connectivity index (χ1) is 6.16. The molecule has 4 nitrogen and oxygen atoms in total. The zero-order chi connectivity index (χ0) is 9.42. The van der Waals surface area contributed by atoms with Crippen molar-refractivity contribution in [2.24, 2.45) is 0 Å². The highest BCUT2D eigenvalue weighted by Crippen LogP contribution is 2.15. The second-order valence-corrected chi connectivity index (χ2v) is 3.33. The highest BCUT2D eigenvalue weighted by molar-refractivity contribution is 5.38. The van der Waals surface area contributed by atoms with E-state index in [-0.39, 0.29) is 5.88 Å². The maximum Gasteiger partial charge on any atom is 0.228 e. The molecule has 2 aromatic heterocycles. The van der Waals surface area contributed by atoms with Crippen LogP contribution in [-0.4, -0.2) is 19.5 Å². The van der Waals surface area contributed by atoms with Crippen LogP contribution in [0.3, 0.4) is 0 Å². The van der Waals surface area contributed by atoms with Crippen molar-refractivity contribution < 1.29 is 5.11 Å². The van der Waals surface area contributed by atoms with Crippen molar-refractivity contribution in [1.29, 1.82) is 0 Å². The Labute approximate surface area is 75.9 Å². The maximum atomic E-state index is 9.12. The molecule has 0 aliphatic carbocycles. The van der Waals surface area contributed by atoms with Gasteiger partial charge in [-0.05, 0) is 5.92 Å². The molecule has 4 heteroatoms. The number of aromatic nitrogens is 3. The molecule has 68 valence electrons. The number of hydrogen-bond acceptors (Lipinski definition) is 3. The Kier molecular flexibility index (Phi) is 1.69. The molecular formula is C9H11N3O. The Hall–Kier alpha value is -1.58. The molecule has 13 heavy (non-hydrogen) atoms. The van der Waals surface area contributed by atoms with Crippen LogP contribution in [0.1, 0.15) is 25.5 Å². The minimum Gasteiger partial charge on any atom is -0.492 e. The minimum atomic E-state index is 0.0141. The summed E-state index contributed by atoms with van der Waals surface area (Å²) in [6.07, 6.45) is 5.01. The third-order valence-electron chi connectivity index (χ3n) is 1.94. The summed E-state index contributed by atoms with van der Waals surface area (Å²) in [4.78, 5) is 8.09. The number of hydrogen-bond donors (Lipinski definition) is 1. The van der Waals surface area contributed by atoms with Gasteiger partial charge in [-0.2, -0.15) is 0 Å². The van der Waals surface area contributed by atoms with Crippen LogP contribution < -0.4 is 0 Å². The van der Waals surface area contributed by atoms with E-state index < -0.39 is 0 Å². The molecule has 2 rings (SSSR count). The molecule has 0 aliphatic rings. The first-order valence-electron chi connectivity index (χ1n) is 4.20. The van der Waals surface area contributed by atoms with Crippen molar-refractivity contribution in [2.45, 2.75) is 19.8 Å². The molecule has 0 spiro atoms. The van der Waals surface area contributed by atoms with E-state index in [1.165, 1.54) is 0 Å². The van der Waals surface area contributed by atoms with Gasteiger partial charge < -0.3 is 9.51 Å². The van der Waals surface area contributed by atoms with Gasteiger partial charge in [-0.25, -0.2) is 9.97 Å². The van der Waals surface area contributed by atoms with Gasteiger partial charge in [-0.3, -0.25) is 0 Å². The molecule has 0 atom stereocenters. The molecule has 0 radical (unpaired) electrons. The van der Waals surface area contributed by atoms with Crippen molar-refractivity contribution in [3.05, 3.63) is 24.3 Å². The van der Waals surface area contributed by atoms with Gasteiger partial charge >= 0.3 is 0 Å². The summed E-state index contributed by atoms with van der Waals surface area (Å²) in [6, 6.07) is 0. The van der Waals surface area contributed by atoms with E-state index in [0.717, 1.165) is 11.3 Å². The van der Waals surface area contributed by atoms with E-state index in [1.54, 1.807) is 16.8 Å². The Balaban J connectivity index is 2.62. The molecule has 0 aromatic carbocycles. The maximum absolute atomic E-state index is 9.12. The SMILES string of the molecule is CC(C)c1cn2cc(O)ncc2n1. The molecule has 0 unspecified atom stereocenters. The molecule has 0 saturated carbocycles. The van der Waals surface area contributed by atoms with Gasteiger partial charge in [0.25, 0.3) is 0 Å². The topological polar surface area (TPSA) is 50.4 Å². The van der Waals surface area contributed by atoms with Crippen molar-refractivity contribution >= 4 is 5.65 Å². The van der Waals surface area contributed by atoms with Crippen LogP contribution in [0.2, 0.25) is 0 Å². The van der Waals surface area contributed by atoms with Gasteiger partial charge in [-0.1, -0.05) is 13.8 Å². The lowest BCUT2D eigenvalue weighted by atomic mass is 10.2.